The molecule has 166 valence electrons. The highest BCUT2D eigenvalue weighted by Gasteiger charge is 2.18. The monoisotopic (exact) mass is 450 g/mol. The minimum absolute atomic E-state index is 0.937. The number of hydrogen-bond acceptors (Lipinski definition) is 2. The first-order valence-corrected chi connectivity index (χ1v) is 11.8. The van der Waals surface area contributed by atoms with Gasteiger partial charge in [-0.25, -0.2) is 4.98 Å². The highest BCUT2D eigenvalue weighted by Crippen LogP contribution is 2.36. The normalized spacial score (nSPS) is 11.6. The summed E-state index contributed by atoms with van der Waals surface area (Å²) < 4.78 is 2.27. The molecule has 0 aliphatic rings. The zero-order valence-corrected chi connectivity index (χ0v) is 19.2. The zero-order chi connectivity index (χ0) is 23.4. The van der Waals surface area contributed by atoms with Gasteiger partial charge in [0.25, 0.3) is 0 Å². The van der Waals surface area contributed by atoms with Gasteiger partial charge in [-0.1, -0.05) is 66.7 Å². The smallest absolute Gasteiger partial charge is 0.147 e. The van der Waals surface area contributed by atoms with Crippen molar-refractivity contribution >= 4 is 32.7 Å². The van der Waals surface area contributed by atoms with Crippen molar-refractivity contribution in [2.45, 2.75) is 6.92 Å². The first-order chi connectivity index (χ1) is 17.3. The summed E-state index contributed by atoms with van der Waals surface area (Å²) in [4.78, 5) is 13.4. The van der Waals surface area contributed by atoms with E-state index in [0.29, 0.717) is 0 Å². The average Bonchev–Trinajstić information content (AvgIpc) is 3.43. The van der Waals surface area contributed by atoms with E-state index in [2.05, 4.69) is 106 Å². The number of fused-ring (bicyclic) bond motifs is 4. The van der Waals surface area contributed by atoms with Crippen molar-refractivity contribution in [1.82, 2.24) is 19.5 Å². The minimum Gasteiger partial charge on any atom is -0.344 e. The van der Waals surface area contributed by atoms with E-state index in [1.54, 1.807) is 0 Å². The molecule has 4 heteroatoms. The number of nitrogens with one attached hydrogen (secondary N) is 1. The van der Waals surface area contributed by atoms with Gasteiger partial charge < -0.3 is 4.98 Å². The Morgan fingerprint density at radius 1 is 0.629 bits per heavy atom. The van der Waals surface area contributed by atoms with Crippen LogP contribution in [0.3, 0.4) is 0 Å². The number of para-hydroxylation sites is 1. The molecule has 0 fully saturated rings. The summed E-state index contributed by atoms with van der Waals surface area (Å²) in [6.07, 6.45) is 1.83. The molecule has 0 aliphatic carbocycles. The third-order valence-corrected chi connectivity index (χ3v) is 6.76. The summed E-state index contributed by atoms with van der Waals surface area (Å²) in [5, 5.41) is 4.76. The van der Waals surface area contributed by atoms with Crippen LogP contribution in [-0.2, 0) is 0 Å². The van der Waals surface area contributed by atoms with Gasteiger partial charge in [0.05, 0.1) is 16.9 Å². The van der Waals surface area contributed by atoms with Crippen LogP contribution in [-0.4, -0.2) is 19.5 Å². The lowest BCUT2D eigenvalue weighted by Crippen LogP contribution is -1.97. The Morgan fingerprint density at radius 3 is 2.20 bits per heavy atom. The van der Waals surface area contributed by atoms with Crippen LogP contribution in [0.15, 0.2) is 109 Å². The lowest BCUT2D eigenvalue weighted by atomic mass is 10.0. The third-order valence-electron chi connectivity index (χ3n) is 6.76. The Balaban J connectivity index is 1.50. The van der Waals surface area contributed by atoms with Crippen molar-refractivity contribution in [3.05, 3.63) is 115 Å². The summed E-state index contributed by atoms with van der Waals surface area (Å²) in [5.74, 6) is 1.05. The summed E-state index contributed by atoms with van der Waals surface area (Å²) in [6.45, 7) is 2.13. The standard InChI is InChI=1S/C31H22N4/c1-20-23-11-2-3-13-25(23)30(33-20)35-29-15-5-4-12-24(29)26-16-17-28(34-31(26)35)22-10-8-9-21(19-22)27-14-6-7-18-32-27/h2-19,33H,1H3. The predicted molar refractivity (Wildman–Crippen MR) is 144 cm³/mol. The maximum atomic E-state index is 5.23. The van der Waals surface area contributed by atoms with Gasteiger partial charge in [-0.3, -0.25) is 9.55 Å². The number of rotatable bonds is 3. The van der Waals surface area contributed by atoms with Crippen molar-refractivity contribution in [1.29, 1.82) is 0 Å². The fourth-order valence-electron chi connectivity index (χ4n) is 5.10. The molecule has 1 N–H and O–H groups in total. The third kappa shape index (κ3) is 3.07. The Hall–Kier alpha value is -4.70. The van der Waals surface area contributed by atoms with Gasteiger partial charge in [-0.05, 0) is 43.3 Å². The Kier molecular flexibility index (Phi) is 4.33. The lowest BCUT2D eigenvalue weighted by Gasteiger charge is -2.08. The highest BCUT2D eigenvalue weighted by atomic mass is 15.1. The Morgan fingerprint density at radius 2 is 1.37 bits per heavy atom. The molecule has 4 aromatic heterocycles. The van der Waals surface area contributed by atoms with E-state index < -0.39 is 0 Å². The van der Waals surface area contributed by atoms with Gasteiger partial charge in [-0.15, -0.1) is 0 Å². The van der Waals surface area contributed by atoms with E-state index in [1.807, 2.05) is 24.4 Å². The number of hydrogen-bond donors (Lipinski definition) is 1. The van der Waals surface area contributed by atoms with Crippen LogP contribution in [0, 0.1) is 6.92 Å². The van der Waals surface area contributed by atoms with Gasteiger partial charge >= 0.3 is 0 Å². The maximum absolute atomic E-state index is 5.23. The molecular weight excluding hydrogens is 428 g/mol. The molecule has 0 bridgehead atoms. The second-order valence-corrected chi connectivity index (χ2v) is 8.86. The molecule has 0 saturated heterocycles. The van der Waals surface area contributed by atoms with E-state index in [4.69, 9.17) is 4.98 Å². The van der Waals surface area contributed by atoms with Gasteiger partial charge in [-0.2, -0.15) is 0 Å². The van der Waals surface area contributed by atoms with Crippen molar-refractivity contribution < 1.29 is 0 Å². The van der Waals surface area contributed by atoms with E-state index in [-0.39, 0.29) is 0 Å². The van der Waals surface area contributed by atoms with Crippen LogP contribution in [0.5, 0.6) is 0 Å². The van der Waals surface area contributed by atoms with Crippen LogP contribution in [0.2, 0.25) is 0 Å². The fraction of sp³-hybridized carbons (Fsp3) is 0.0323. The molecule has 0 unspecified atom stereocenters. The number of nitrogens with zero attached hydrogens (tertiary/aromatic N) is 3. The number of H-pyrrole nitrogens is 1. The number of aryl methyl sites for hydroxylation is 1. The van der Waals surface area contributed by atoms with Gasteiger partial charge in [0, 0.05) is 44.6 Å². The minimum atomic E-state index is 0.937. The second kappa shape index (κ2) is 7.67. The molecular formula is C31H22N4. The van der Waals surface area contributed by atoms with Crippen LogP contribution < -0.4 is 0 Å². The summed E-state index contributed by atoms with van der Waals surface area (Å²) in [5.41, 5.74) is 7.28. The van der Waals surface area contributed by atoms with E-state index in [1.165, 1.54) is 16.2 Å². The molecule has 0 amide bonds. The molecule has 0 atom stereocenters. The molecule has 4 heterocycles. The molecule has 0 radical (unpaired) electrons. The largest absolute Gasteiger partial charge is 0.344 e. The molecule has 0 aliphatic heterocycles. The lowest BCUT2D eigenvalue weighted by molar-refractivity contribution is 1.07. The van der Waals surface area contributed by atoms with E-state index in [9.17, 15) is 0 Å². The number of pyridine rings is 2. The Bertz CT molecular complexity index is 1860. The second-order valence-electron chi connectivity index (χ2n) is 8.86. The number of benzene rings is 3. The first-order valence-electron chi connectivity index (χ1n) is 11.8. The molecule has 0 saturated carbocycles. The van der Waals surface area contributed by atoms with Crippen LogP contribution >= 0.6 is 0 Å². The Labute approximate surface area is 202 Å². The number of aromatic amines is 1. The van der Waals surface area contributed by atoms with E-state index >= 15 is 0 Å². The summed E-state index contributed by atoms with van der Waals surface area (Å²) >= 11 is 0. The quantitative estimate of drug-likeness (QED) is 0.300. The van der Waals surface area contributed by atoms with Gasteiger partial charge in [0.1, 0.15) is 11.5 Å². The fourth-order valence-corrected chi connectivity index (χ4v) is 5.10. The predicted octanol–water partition coefficient (Wildman–Crippen LogP) is 7.70. The van der Waals surface area contributed by atoms with Crippen LogP contribution in [0.1, 0.15) is 5.69 Å². The summed E-state index contributed by atoms with van der Waals surface area (Å²) in [6, 6.07) is 35.8. The number of aromatic nitrogens is 4. The zero-order valence-electron chi connectivity index (χ0n) is 19.2. The van der Waals surface area contributed by atoms with Crippen molar-refractivity contribution in [2.24, 2.45) is 0 Å². The van der Waals surface area contributed by atoms with Crippen molar-refractivity contribution in [2.75, 3.05) is 0 Å². The molecule has 3 aromatic carbocycles. The van der Waals surface area contributed by atoms with Crippen LogP contribution in [0.4, 0.5) is 0 Å². The van der Waals surface area contributed by atoms with Gasteiger partial charge in [0.2, 0.25) is 0 Å². The molecule has 7 rings (SSSR count). The van der Waals surface area contributed by atoms with Crippen molar-refractivity contribution in [3.63, 3.8) is 0 Å². The SMILES string of the molecule is Cc1[nH]c(-n2c3ccccc3c3ccc(-c4cccc(-c5ccccn5)c4)nc32)c2ccccc12. The summed E-state index contributed by atoms with van der Waals surface area (Å²) in [7, 11) is 0. The maximum Gasteiger partial charge on any atom is 0.147 e. The first kappa shape index (κ1) is 19.7. The molecule has 4 nitrogen and oxygen atoms in total. The van der Waals surface area contributed by atoms with E-state index in [0.717, 1.165) is 50.6 Å². The molecule has 35 heavy (non-hydrogen) atoms. The van der Waals surface area contributed by atoms with Crippen molar-refractivity contribution in [3.8, 4) is 28.3 Å². The molecule has 0 spiro atoms. The highest BCUT2D eigenvalue weighted by molar-refractivity contribution is 6.09. The topological polar surface area (TPSA) is 46.5 Å². The van der Waals surface area contributed by atoms with Gasteiger partial charge in [0.15, 0.2) is 0 Å². The average molecular weight is 451 g/mol. The molecule has 7 aromatic rings. The van der Waals surface area contributed by atoms with Crippen LogP contribution in [0.25, 0.3) is 61.0 Å².